The molecule has 3 N–H and O–H groups in total. The molecule has 3 nitrogen and oxygen atoms in total. The maximum atomic E-state index is 11.1. The molecule has 0 aromatic rings. The van der Waals surface area contributed by atoms with Crippen molar-refractivity contribution < 1.29 is 9.84 Å². The predicted octanol–water partition coefficient (Wildman–Crippen LogP) is 2.46. The second-order valence-corrected chi connectivity index (χ2v) is 6.40. The van der Waals surface area contributed by atoms with Crippen LogP contribution in [-0.2, 0) is 4.74 Å². The smallest absolute Gasteiger partial charge is 0.0738 e. The third-order valence-electron chi connectivity index (χ3n) is 5.33. The highest BCUT2D eigenvalue weighted by molar-refractivity contribution is 5.03. The van der Waals surface area contributed by atoms with Gasteiger partial charge in [-0.25, -0.2) is 0 Å². The Morgan fingerprint density at radius 2 is 2.00 bits per heavy atom. The summed E-state index contributed by atoms with van der Waals surface area (Å²) in [6.45, 7) is 4.29. The van der Waals surface area contributed by atoms with Crippen molar-refractivity contribution in [3.05, 3.63) is 0 Å². The van der Waals surface area contributed by atoms with Gasteiger partial charge in [0, 0.05) is 18.6 Å². The van der Waals surface area contributed by atoms with E-state index in [9.17, 15) is 5.11 Å². The summed E-state index contributed by atoms with van der Waals surface area (Å²) < 4.78 is 5.63. The Balaban J connectivity index is 2.02. The molecule has 0 aromatic carbocycles. The second kappa shape index (κ2) is 5.89. The van der Waals surface area contributed by atoms with E-state index >= 15 is 0 Å². The van der Waals surface area contributed by atoms with Gasteiger partial charge in [0.25, 0.3) is 0 Å². The number of hydrogen-bond acceptors (Lipinski definition) is 3. The Kier molecular flexibility index (Phi) is 4.68. The van der Waals surface area contributed by atoms with E-state index in [1.54, 1.807) is 0 Å². The van der Waals surface area contributed by atoms with Crippen molar-refractivity contribution >= 4 is 0 Å². The van der Waals surface area contributed by atoms with E-state index in [0.29, 0.717) is 13.2 Å². The van der Waals surface area contributed by atoms with E-state index in [2.05, 4.69) is 6.92 Å². The standard InChI is InChI=1S/C15H29NO2/c1-2-4-13-5-8-15(17,9-6-13)14(11-16)7-3-10-18-12-14/h13,17H,2-12,16H2,1H3. The Hall–Kier alpha value is -0.120. The maximum Gasteiger partial charge on any atom is 0.0738 e. The average molecular weight is 255 g/mol. The quantitative estimate of drug-likeness (QED) is 0.811. The molecule has 1 saturated heterocycles. The largest absolute Gasteiger partial charge is 0.389 e. The van der Waals surface area contributed by atoms with Gasteiger partial charge in [-0.05, 0) is 44.4 Å². The van der Waals surface area contributed by atoms with Gasteiger partial charge in [0.05, 0.1) is 12.2 Å². The molecule has 2 aliphatic rings. The lowest BCUT2D eigenvalue weighted by Gasteiger charge is -2.51. The number of hydrogen-bond donors (Lipinski definition) is 2. The minimum atomic E-state index is -0.577. The van der Waals surface area contributed by atoms with Crippen LogP contribution in [0.5, 0.6) is 0 Å². The first-order chi connectivity index (χ1) is 8.66. The van der Waals surface area contributed by atoms with Crippen molar-refractivity contribution in [3.63, 3.8) is 0 Å². The summed E-state index contributed by atoms with van der Waals surface area (Å²) in [5.41, 5.74) is 5.25. The van der Waals surface area contributed by atoms with Crippen LogP contribution in [0.3, 0.4) is 0 Å². The zero-order valence-electron chi connectivity index (χ0n) is 11.8. The molecule has 1 aliphatic carbocycles. The molecule has 0 aromatic heterocycles. The van der Waals surface area contributed by atoms with Crippen molar-refractivity contribution in [2.75, 3.05) is 19.8 Å². The van der Waals surface area contributed by atoms with E-state index in [-0.39, 0.29) is 5.41 Å². The summed E-state index contributed by atoms with van der Waals surface area (Å²) in [5, 5.41) is 11.1. The number of ether oxygens (including phenoxy) is 1. The molecule has 2 fully saturated rings. The first-order valence-corrected chi connectivity index (χ1v) is 7.66. The third kappa shape index (κ3) is 2.59. The summed E-state index contributed by atoms with van der Waals surface area (Å²) >= 11 is 0. The highest BCUT2D eigenvalue weighted by Gasteiger charge is 2.51. The minimum Gasteiger partial charge on any atom is -0.389 e. The number of nitrogens with two attached hydrogens (primary N) is 1. The predicted molar refractivity (Wildman–Crippen MR) is 73.4 cm³/mol. The highest BCUT2D eigenvalue weighted by atomic mass is 16.5. The summed E-state index contributed by atoms with van der Waals surface area (Å²) in [4.78, 5) is 0. The van der Waals surface area contributed by atoms with Gasteiger partial charge >= 0.3 is 0 Å². The zero-order valence-corrected chi connectivity index (χ0v) is 11.8. The molecule has 3 heteroatoms. The summed E-state index contributed by atoms with van der Waals surface area (Å²) in [7, 11) is 0. The van der Waals surface area contributed by atoms with Gasteiger partial charge in [-0.1, -0.05) is 19.8 Å². The van der Waals surface area contributed by atoms with Gasteiger partial charge in [-0.3, -0.25) is 0 Å². The Labute approximate surface area is 111 Å². The molecule has 0 radical (unpaired) electrons. The molecule has 1 heterocycles. The summed E-state index contributed by atoms with van der Waals surface area (Å²) in [5.74, 6) is 0.814. The first kappa shape index (κ1) is 14.3. The van der Waals surface area contributed by atoms with Gasteiger partial charge in [0.15, 0.2) is 0 Å². The minimum absolute atomic E-state index is 0.178. The second-order valence-electron chi connectivity index (χ2n) is 6.40. The lowest BCUT2D eigenvalue weighted by molar-refractivity contribution is -0.163. The molecular formula is C15H29NO2. The van der Waals surface area contributed by atoms with Crippen molar-refractivity contribution in [1.29, 1.82) is 0 Å². The van der Waals surface area contributed by atoms with Gasteiger partial charge in [0.2, 0.25) is 0 Å². The Morgan fingerprint density at radius 1 is 1.28 bits per heavy atom. The zero-order chi connectivity index (χ0) is 13.1. The van der Waals surface area contributed by atoms with Crippen LogP contribution in [0.15, 0.2) is 0 Å². The first-order valence-electron chi connectivity index (χ1n) is 7.66. The normalized spacial score (nSPS) is 41.8. The molecule has 1 unspecified atom stereocenters. The lowest BCUT2D eigenvalue weighted by Crippen LogP contribution is -2.58. The van der Waals surface area contributed by atoms with Crippen LogP contribution in [0.2, 0.25) is 0 Å². The SMILES string of the molecule is CCCC1CCC(O)(C2(CN)CCCOC2)CC1. The van der Waals surface area contributed by atoms with Crippen LogP contribution < -0.4 is 5.73 Å². The molecule has 106 valence electrons. The van der Waals surface area contributed by atoms with Crippen LogP contribution in [0, 0.1) is 11.3 Å². The topological polar surface area (TPSA) is 55.5 Å². The van der Waals surface area contributed by atoms with E-state index in [4.69, 9.17) is 10.5 Å². The van der Waals surface area contributed by atoms with E-state index in [1.807, 2.05) is 0 Å². The van der Waals surface area contributed by atoms with Crippen LogP contribution >= 0.6 is 0 Å². The average Bonchev–Trinajstić information content (AvgIpc) is 2.42. The van der Waals surface area contributed by atoms with Crippen LogP contribution in [0.4, 0.5) is 0 Å². The van der Waals surface area contributed by atoms with Gasteiger partial charge in [-0.15, -0.1) is 0 Å². The third-order valence-corrected chi connectivity index (χ3v) is 5.33. The molecule has 1 saturated carbocycles. The van der Waals surface area contributed by atoms with E-state index < -0.39 is 5.60 Å². The molecule has 0 spiro atoms. The molecular weight excluding hydrogens is 226 g/mol. The van der Waals surface area contributed by atoms with Gasteiger partial charge < -0.3 is 15.6 Å². The lowest BCUT2D eigenvalue weighted by atomic mass is 9.61. The monoisotopic (exact) mass is 255 g/mol. The number of aliphatic hydroxyl groups is 1. The molecule has 1 atom stereocenters. The van der Waals surface area contributed by atoms with Gasteiger partial charge in [0.1, 0.15) is 0 Å². The highest BCUT2D eigenvalue weighted by Crippen LogP contribution is 2.48. The van der Waals surface area contributed by atoms with Crippen LogP contribution in [0.25, 0.3) is 0 Å². The maximum absolute atomic E-state index is 11.1. The molecule has 1 aliphatic heterocycles. The fourth-order valence-corrected chi connectivity index (χ4v) is 3.95. The van der Waals surface area contributed by atoms with Crippen molar-refractivity contribution in [2.45, 2.75) is 63.9 Å². The van der Waals surface area contributed by atoms with Crippen molar-refractivity contribution in [2.24, 2.45) is 17.1 Å². The molecule has 0 bridgehead atoms. The van der Waals surface area contributed by atoms with E-state index in [1.165, 1.54) is 12.8 Å². The fraction of sp³-hybridized carbons (Fsp3) is 1.00. The molecule has 0 amide bonds. The van der Waals surface area contributed by atoms with Crippen molar-refractivity contribution in [1.82, 2.24) is 0 Å². The Bertz CT molecular complexity index is 253. The fourth-order valence-electron chi connectivity index (χ4n) is 3.95. The Morgan fingerprint density at radius 3 is 2.50 bits per heavy atom. The van der Waals surface area contributed by atoms with Crippen LogP contribution in [0.1, 0.15) is 58.3 Å². The summed E-state index contributed by atoms with van der Waals surface area (Å²) in [6.07, 6.45) is 8.78. The molecule has 2 rings (SSSR count). The number of rotatable bonds is 4. The summed E-state index contributed by atoms with van der Waals surface area (Å²) in [6, 6.07) is 0. The van der Waals surface area contributed by atoms with E-state index in [0.717, 1.165) is 51.0 Å². The molecule has 18 heavy (non-hydrogen) atoms. The van der Waals surface area contributed by atoms with Gasteiger partial charge in [-0.2, -0.15) is 0 Å². The van der Waals surface area contributed by atoms with Crippen LogP contribution in [-0.4, -0.2) is 30.5 Å². The van der Waals surface area contributed by atoms with Crippen molar-refractivity contribution in [3.8, 4) is 0 Å².